The highest BCUT2D eigenvalue weighted by Gasteiger charge is 2.44. The van der Waals surface area contributed by atoms with E-state index in [0.717, 1.165) is 44.4 Å². The summed E-state index contributed by atoms with van der Waals surface area (Å²) < 4.78 is 62.2. The van der Waals surface area contributed by atoms with Crippen molar-refractivity contribution in [1.29, 1.82) is 0 Å². The van der Waals surface area contributed by atoms with Crippen LogP contribution in [0.2, 0.25) is 5.02 Å². The van der Waals surface area contributed by atoms with Gasteiger partial charge in [0.1, 0.15) is 17.0 Å². The molecule has 2 aliphatic rings. The van der Waals surface area contributed by atoms with E-state index in [1.54, 1.807) is 0 Å². The summed E-state index contributed by atoms with van der Waals surface area (Å²) in [5, 5.41) is -0.322. The molecule has 33 heavy (non-hydrogen) atoms. The van der Waals surface area contributed by atoms with Gasteiger partial charge in [-0.3, -0.25) is 4.98 Å². The predicted octanol–water partition coefficient (Wildman–Crippen LogP) is 5.47. The zero-order valence-corrected chi connectivity index (χ0v) is 18.3. The minimum absolute atomic E-state index is 0.0467. The van der Waals surface area contributed by atoms with Crippen molar-refractivity contribution in [2.24, 2.45) is 5.92 Å². The number of rotatable bonds is 3. The quantitative estimate of drug-likeness (QED) is 0.394. The number of methoxy groups -OCH3 is 1. The summed E-state index contributed by atoms with van der Waals surface area (Å²) in [5.41, 5.74) is 3.19. The van der Waals surface area contributed by atoms with Gasteiger partial charge in [0.15, 0.2) is 5.82 Å². The van der Waals surface area contributed by atoms with Crippen molar-refractivity contribution in [2.75, 3.05) is 24.3 Å². The number of nitrogen functional groups attached to an aromatic ring is 1. The lowest BCUT2D eigenvalue weighted by atomic mass is 10.0. The number of nitrogens with two attached hydrogens (primary N) is 1. The van der Waals surface area contributed by atoms with Crippen LogP contribution >= 0.6 is 11.6 Å². The van der Waals surface area contributed by atoms with Crippen LogP contribution in [-0.2, 0) is 6.18 Å². The van der Waals surface area contributed by atoms with E-state index >= 15 is 4.39 Å². The fourth-order valence-electron chi connectivity index (χ4n) is 4.66. The summed E-state index contributed by atoms with van der Waals surface area (Å²) in [6.45, 7) is 0.739. The third kappa shape index (κ3) is 3.80. The highest BCUT2D eigenvalue weighted by Crippen LogP contribution is 2.46. The standard InChI is InChI=1S/C22H20ClF4N5O/c1-33-21-30-19-13(20(31-21)32-5-3-2-4-10-6-15(10)32)9-29-18(17(19)24)12-7-11(28)8-14(23)16(12)22(25,26)27/h7-10,15H,2-6,28H2,1H3. The summed E-state index contributed by atoms with van der Waals surface area (Å²) in [4.78, 5) is 14.8. The number of ether oxygens (including phenoxy) is 1. The summed E-state index contributed by atoms with van der Waals surface area (Å²) in [6, 6.07) is 2.20. The molecule has 0 spiro atoms. The minimum atomic E-state index is -4.84. The molecule has 1 saturated carbocycles. The molecule has 2 aromatic heterocycles. The van der Waals surface area contributed by atoms with Crippen molar-refractivity contribution < 1.29 is 22.3 Å². The number of alkyl halides is 3. The minimum Gasteiger partial charge on any atom is -0.467 e. The lowest BCUT2D eigenvalue weighted by molar-refractivity contribution is -0.137. The van der Waals surface area contributed by atoms with Gasteiger partial charge in [0.05, 0.1) is 23.1 Å². The van der Waals surface area contributed by atoms with Gasteiger partial charge in [-0.15, -0.1) is 0 Å². The topological polar surface area (TPSA) is 77.2 Å². The normalized spacial score (nSPS) is 20.5. The Kier molecular flexibility index (Phi) is 5.23. The monoisotopic (exact) mass is 481 g/mol. The second-order valence-electron chi connectivity index (χ2n) is 8.39. The molecule has 174 valence electrons. The Bertz CT molecular complexity index is 1250. The predicted molar refractivity (Wildman–Crippen MR) is 117 cm³/mol. The average Bonchev–Trinajstić information content (AvgIpc) is 3.52. The van der Waals surface area contributed by atoms with E-state index in [1.165, 1.54) is 13.3 Å². The fourth-order valence-corrected chi connectivity index (χ4v) is 5.00. The van der Waals surface area contributed by atoms with Crippen LogP contribution in [0.1, 0.15) is 31.2 Å². The highest BCUT2D eigenvalue weighted by molar-refractivity contribution is 6.32. The van der Waals surface area contributed by atoms with Crippen molar-refractivity contribution >= 4 is 34.0 Å². The van der Waals surface area contributed by atoms with E-state index in [4.69, 9.17) is 22.1 Å². The Morgan fingerprint density at radius 2 is 2.00 bits per heavy atom. The molecular weight excluding hydrogens is 462 g/mol. The Labute approximate surface area is 191 Å². The third-order valence-corrected chi connectivity index (χ3v) is 6.56. The van der Waals surface area contributed by atoms with Gasteiger partial charge < -0.3 is 15.4 Å². The summed E-state index contributed by atoms with van der Waals surface area (Å²) in [7, 11) is 1.35. The molecule has 3 aromatic rings. The van der Waals surface area contributed by atoms with Crippen LogP contribution in [0.3, 0.4) is 0 Å². The molecule has 6 nitrogen and oxygen atoms in total. The molecule has 2 unspecified atom stereocenters. The Balaban J connectivity index is 1.73. The number of halogens is 5. The molecule has 1 aromatic carbocycles. The molecule has 1 aliphatic heterocycles. The van der Waals surface area contributed by atoms with Gasteiger partial charge in [0, 0.05) is 30.0 Å². The first kappa shape index (κ1) is 21.9. The first-order chi connectivity index (χ1) is 15.7. The van der Waals surface area contributed by atoms with E-state index in [-0.39, 0.29) is 17.2 Å². The molecule has 11 heteroatoms. The van der Waals surface area contributed by atoms with Crippen molar-refractivity contribution in [2.45, 2.75) is 37.9 Å². The lowest BCUT2D eigenvalue weighted by Crippen LogP contribution is -2.28. The van der Waals surface area contributed by atoms with Crippen molar-refractivity contribution in [3.05, 3.63) is 34.7 Å². The van der Waals surface area contributed by atoms with Crippen molar-refractivity contribution in [3.63, 3.8) is 0 Å². The highest BCUT2D eigenvalue weighted by atomic mass is 35.5. The zero-order valence-electron chi connectivity index (χ0n) is 17.6. The number of pyridine rings is 1. The van der Waals surface area contributed by atoms with Crippen molar-refractivity contribution in [3.8, 4) is 17.3 Å². The Hall–Kier alpha value is -2.88. The van der Waals surface area contributed by atoms with E-state index in [0.29, 0.717) is 23.2 Å². The molecule has 0 amide bonds. The van der Waals surface area contributed by atoms with Crippen LogP contribution in [-0.4, -0.2) is 34.6 Å². The molecule has 2 N–H and O–H groups in total. The largest absolute Gasteiger partial charge is 0.467 e. The molecule has 1 saturated heterocycles. The van der Waals surface area contributed by atoms with Crippen LogP contribution in [0.25, 0.3) is 22.2 Å². The number of aromatic nitrogens is 3. The van der Waals surface area contributed by atoms with Crippen LogP contribution in [0.15, 0.2) is 18.3 Å². The SMILES string of the molecule is COc1nc(N2CCCCC3CC32)c2cnc(-c3cc(N)cc(Cl)c3C(F)(F)F)c(F)c2n1. The maximum absolute atomic E-state index is 15.8. The maximum Gasteiger partial charge on any atom is 0.418 e. The third-order valence-electron chi connectivity index (χ3n) is 6.26. The average molecular weight is 482 g/mol. The number of benzene rings is 1. The van der Waals surface area contributed by atoms with E-state index < -0.39 is 33.8 Å². The summed E-state index contributed by atoms with van der Waals surface area (Å²) in [5.74, 6) is 0.0130. The number of fused-ring (bicyclic) bond motifs is 2. The molecule has 2 fully saturated rings. The molecule has 0 radical (unpaired) electrons. The van der Waals surface area contributed by atoms with E-state index in [2.05, 4.69) is 19.9 Å². The second-order valence-corrected chi connectivity index (χ2v) is 8.80. The van der Waals surface area contributed by atoms with Gasteiger partial charge in [-0.2, -0.15) is 23.1 Å². The van der Waals surface area contributed by atoms with Gasteiger partial charge in [-0.05, 0) is 37.3 Å². The van der Waals surface area contributed by atoms with Crippen LogP contribution in [0, 0.1) is 11.7 Å². The van der Waals surface area contributed by atoms with Gasteiger partial charge in [0.25, 0.3) is 0 Å². The molecule has 2 atom stereocenters. The molecule has 1 aliphatic carbocycles. The van der Waals surface area contributed by atoms with Crippen LogP contribution in [0.5, 0.6) is 6.01 Å². The lowest BCUT2D eigenvalue weighted by Gasteiger charge is -2.24. The summed E-state index contributed by atoms with van der Waals surface area (Å²) in [6.07, 6.45) is 0.691. The maximum atomic E-state index is 15.8. The van der Waals surface area contributed by atoms with Gasteiger partial charge in [-0.25, -0.2) is 4.39 Å². The molecule has 0 bridgehead atoms. The van der Waals surface area contributed by atoms with Gasteiger partial charge in [0.2, 0.25) is 0 Å². The van der Waals surface area contributed by atoms with Gasteiger partial charge >= 0.3 is 12.2 Å². The number of nitrogens with zero attached hydrogens (tertiary/aromatic N) is 4. The molecule has 5 rings (SSSR count). The van der Waals surface area contributed by atoms with E-state index in [1.807, 2.05) is 0 Å². The summed E-state index contributed by atoms with van der Waals surface area (Å²) >= 11 is 5.85. The van der Waals surface area contributed by atoms with Crippen LogP contribution < -0.4 is 15.4 Å². The molecule has 3 heterocycles. The second kappa shape index (κ2) is 7.86. The zero-order chi connectivity index (χ0) is 23.5. The Morgan fingerprint density at radius 1 is 1.21 bits per heavy atom. The first-order valence-corrected chi connectivity index (χ1v) is 10.9. The van der Waals surface area contributed by atoms with Crippen molar-refractivity contribution in [1.82, 2.24) is 15.0 Å². The smallest absolute Gasteiger partial charge is 0.418 e. The number of hydrogen-bond acceptors (Lipinski definition) is 6. The Morgan fingerprint density at radius 3 is 2.73 bits per heavy atom. The molecular formula is C22H20ClF4N5O. The number of hydrogen-bond donors (Lipinski definition) is 1. The van der Waals surface area contributed by atoms with E-state index in [9.17, 15) is 13.2 Å². The first-order valence-electron chi connectivity index (χ1n) is 10.5. The van der Waals surface area contributed by atoms with Gasteiger partial charge in [-0.1, -0.05) is 18.0 Å². The van der Waals surface area contributed by atoms with Crippen LogP contribution in [0.4, 0.5) is 29.1 Å². The fraction of sp³-hybridized carbons (Fsp3) is 0.409. The number of anilines is 2.